The lowest BCUT2D eigenvalue weighted by Gasteiger charge is -2.05. The zero-order chi connectivity index (χ0) is 13.7. The molecule has 0 unspecified atom stereocenters. The highest BCUT2D eigenvalue weighted by Crippen LogP contribution is 2.05. The molecule has 0 saturated carbocycles. The van der Waals surface area contributed by atoms with E-state index in [1.165, 1.54) is 5.56 Å². The third-order valence-corrected chi connectivity index (χ3v) is 2.85. The van der Waals surface area contributed by atoms with Gasteiger partial charge in [-0.2, -0.15) is 5.26 Å². The van der Waals surface area contributed by atoms with E-state index in [0.717, 1.165) is 5.56 Å². The zero-order valence-electron chi connectivity index (χ0n) is 10.7. The zero-order valence-corrected chi connectivity index (χ0v) is 10.7. The molecule has 2 aromatic carbocycles. The Morgan fingerprint density at radius 2 is 1.74 bits per heavy atom. The number of rotatable bonds is 3. The summed E-state index contributed by atoms with van der Waals surface area (Å²) < 4.78 is 0. The van der Waals surface area contributed by atoms with Crippen LogP contribution in [0.4, 0.5) is 0 Å². The Morgan fingerprint density at radius 3 is 2.32 bits per heavy atom. The number of nitrogens with one attached hydrogen (secondary N) is 1. The fourth-order valence-corrected chi connectivity index (χ4v) is 1.69. The third-order valence-electron chi connectivity index (χ3n) is 2.85. The summed E-state index contributed by atoms with van der Waals surface area (Å²) in [6.07, 6.45) is 0. The molecule has 0 radical (unpaired) electrons. The standard InChI is InChI=1S/C16H14N2O/c1-12-2-4-14(5-3-12)11-18-16(19)15-8-6-13(10-17)7-9-15/h2-9H,11H2,1H3,(H,18,19). The van der Waals surface area contributed by atoms with Crippen molar-refractivity contribution in [1.82, 2.24) is 5.32 Å². The summed E-state index contributed by atoms with van der Waals surface area (Å²) in [7, 11) is 0. The smallest absolute Gasteiger partial charge is 0.251 e. The molecule has 0 aliphatic carbocycles. The number of hydrogen-bond donors (Lipinski definition) is 1. The minimum Gasteiger partial charge on any atom is -0.348 e. The molecule has 0 aliphatic heterocycles. The quantitative estimate of drug-likeness (QED) is 0.910. The summed E-state index contributed by atoms with van der Waals surface area (Å²) in [5.41, 5.74) is 3.37. The van der Waals surface area contributed by atoms with Gasteiger partial charge < -0.3 is 5.32 Å². The predicted molar refractivity (Wildman–Crippen MR) is 73.5 cm³/mol. The number of carbonyl (C=O) groups excluding carboxylic acids is 1. The van der Waals surface area contributed by atoms with Crippen molar-refractivity contribution >= 4 is 5.91 Å². The Labute approximate surface area is 112 Å². The molecule has 3 heteroatoms. The molecule has 0 heterocycles. The topological polar surface area (TPSA) is 52.9 Å². The number of benzene rings is 2. The molecule has 0 aromatic heterocycles. The van der Waals surface area contributed by atoms with Crippen molar-refractivity contribution in [3.8, 4) is 6.07 Å². The van der Waals surface area contributed by atoms with Gasteiger partial charge in [0.05, 0.1) is 11.6 Å². The second-order valence-electron chi connectivity index (χ2n) is 4.36. The van der Waals surface area contributed by atoms with Gasteiger partial charge in [0.1, 0.15) is 0 Å². The van der Waals surface area contributed by atoms with Crippen LogP contribution in [0.1, 0.15) is 27.0 Å². The van der Waals surface area contributed by atoms with Crippen LogP contribution in [0.15, 0.2) is 48.5 Å². The van der Waals surface area contributed by atoms with Gasteiger partial charge in [-0.15, -0.1) is 0 Å². The van der Waals surface area contributed by atoms with Crippen LogP contribution in [0.3, 0.4) is 0 Å². The highest BCUT2D eigenvalue weighted by molar-refractivity contribution is 5.94. The van der Waals surface area contributed by atoms with E-state index < -0.39 is 0 Å². The molecule has 0 spiro atoms. The summed E-state index contributed by atoms with van der Waals surface area (Å²) in [5, 5.41) is 11.5. The Morgan fingerprint density at radius 1 is 1.11 bits per heavy atom. The van der Waals surface area contributed by atoms with Gasteiger partial charge in [-0.05, 0) is 36.8 Å². The lowest BCUT2D eigenvalue weighted by atomic mass is 10.1. The normalized spacial score (nSPS) is 9.68. The van der Waals surface area contributed by atoms with Crippen LogP contribution in [-0.2, 0) is 6.54 Å². The summed E-state index contributed by atoms with van der Waals surface area (Å²) in [4.78, 5) is 11.9. The van der Waals surface area contributed by atoms with Gasteiger partial charge in [0.25, 0.3) is 5.91 Å². The van der Waals surface area contributed by atoms with Crippen molar-refractivity contribution < 1.29 is 4.79 Å². The van der Waals surface area contributed by atoms with Crippen LogP contribution in [0.5, 0.6) is 0 Å². The van der Waals surface area contributed by atoms with Gasteiger partial charge in [0.2, 0.25) is 0 Å². The first-order valence-corrected chi connectivity index (χ1v) is 6.03. The maximum atomic E-state index is 11.9. The first kappa shape index (κ1) is 12.8. The summed E-state index contributed by atoms with van der Waals surface area (Å²) in [6.45, 7) is 2.53. The summed E-state index contributed by atoms with van der Waals surface area (Å²) in [6, 6.07) is 16.6. The largest absolute Gasteiger partial charge is 0.348 e. The van der Waals surface area contributed by atoms with Gasteiger partial charge in [0, 0.05) is 12.1 Å². The minimum atomic E-state index is -0.134. The van der Waals surface area contributed by atoms with Crippen LogP contribution in [0, 0.1) is 18.3 Å². The fourth-order valence-electron chi connectivity index (χ4n) is 1.69. The SMILES string of the molecule is Cc1ccc(CNC(=O)c2ccc(C#N)cc2)cc1. The number of aryl methyl sites for hydroxylation is 1. The molecule has 0 bridgehead atoms. The van der Waals surface area contributed by atoms with Gasteiger partial charge >= 0.3 is 0 Å². The Balaban J connectivity index is 1.97. The van der Waals surface area contributed by atoms with E-state index >= 15 is 0 Å². The molecule has 2 rings (SSSR count). The Kier molecular flexibility index (Phi) is 3.94. The van der Waals surface area contributed by atoms with Crippen molar-refractivity contribution in [2.45, 2.75) is 13.5 Å². The molecule has 0 fully saturated rings. The van der Waals surface area contributed by atoms with Crippen LogP contribution in [0.25, 0.3) is 0 Å². The van der Waals surface area contributed by atoms with Crippen LogP contribution < -0.4 is 5.32 Å². The number of nitrogens with zero attached hydrogens (tertiary/aromatic N) is 1. The van der Waals surface area contributed by atoms with E-state index in [0.29, 0.717) is 17.7 Å². The van der Waals surface area contributed by atoms with Crippen molar-refractivity contribution in [3.05, 3.63) is 70.8 Å². The predicted octanol–water partition coefficient (Wildman–Crippen LogP) is 2.80. The van der Waals surface area contributed by atoms with Crippen molar-refractivity contribution in [2.75, 3.05) is 0 Å². The van der Waals surface area contributed by atoms with E-state index in [2.05, 4.69) is 5.32 Å². The second-order valence-corrected chi connectivity index (χ2v) is 4.36. The van der Waals surface area contributed by atoms with Crippen molar-refractivity contribution in [1.29, 1.82) is 5.26 Å². The minimum absolute atomic E-state index is 0.134. The maximum absolute atomic E-state index is 11.9. The molecule has 2 aromatic rings. The first-order chi connectivity index (χ1) is 9.19. The molecule has 1 amide bonds. The molecule has 0 atom stereocenters. The monoisotopic (exact) mass is 250 g/mol. The maximum Gasteiger partial charge on any atom is 0.251 e. The molecule has 94 valence electrons. The number of nitriles is 1. The van der Waals surface area contributed by atoms with Crippen molar-refractivity contribution in [3.63, 3.8) is 0 Å². The average molecular weight is 250 g/mol. The third kappa shape index (κ3) is 3.43. The van der Waals surface area contributed by atoms with Gasteiger partial charge in [0.15, 0.2) is 0 Å². The molecule has 1 N–H and O–H groups in total. The van der Waals surface area contributed by atoms with E-state index in [9.17, 15) is 4.79 Å². The van der Waals surface area contributed by atoms with Crippen LogP contribution >= 0.6 is 0 Å². The van der Waals surface area contributed by atoms with Crippen LogP contribution in [0.2, 0.25) is 0 Å². The molecule has 19 heavy (non-hydrogen) atoms. The molecule has 0 aliphatic rings. The number of amides is 1. The Hall–Kier alpha value is -2.60. The van der Waals surface area contributed by atoms with E-state index in [1.54, 1.807) is 24.3 Å². The highest BCUT2D eigenvalue weighted by atomic mass is 16.1. The fraction of sp³-hybridized carbons (Fsp3) is 0.125. The van der Waals surface area contributed by atoms with Gasteiger partial charge in [-0.1, -0.05) is 29.8 Å². The first-order valence-electron chi connectivity index (χ1n) is 6.03. The molecule has 0 saturated heterocycles. The second kappa shape index (κ2) is 5.83. The molecular formula is C16H14N2O. The average Bonchev–Trinajstić information content (AvgIpc) is 2.46. The molecular weight excluding hydrogens is 236 g/mol. The Bertz CT molecular complexity index is 607. The number of carbonyl (C=O) groups is 1. The van der Waals surface area contributed by atoms with Crippen molar-refractivity contribution in [2.24, 2.45) is 0 Å². The van der Waals surface area contributed by atoms with Gasteiger partial charge in [-0.25, -0.2) is 0 Å². The van der Waals surface area contributed by atoms with Gasteiger partial charge in [-0.3, -0.25) is 4.79 Å². The highest BCUT2D eigenvalue weighted by Gasteiger charge is 2.04. The molecule has 3 nitrogen and oxygen atoms in total. The summed E-state index contributed by atoms with van der Waals surface area (Å²) >= 11 is 0. The van der Waals surface area contributed by atoms with E-state index in [4.69, 9.17) is 5.26 Å². The number of hydrogen-bond acceptors (Lipinski definition) is 2. The summed E-state index contributed by atoms with van der Waals surface area (Å²) in [5.74, 6) is -0.134. The lowest BCUT2D eigenvalue weighted by Crippen LogP contribution is -2.22. The van der Waals surface area contributed by atoms with Crippen LogP contribution in [-0.4, -0.2) is 5.91 Å². The van der Waals surface area contributed by atoms with E-state index in [-0.39, 0.29) is 5.91 Å². The van der Waals surface area contributed by atoms with E-state index in [1.807, 2.05) is 37.3 Å². The lowest BCUT2D eigenvalue weighted by molar-refractivity contribution is 0.0951.